The molecule has 6 heteroatoms. The van der Waals surface area contributed by atoms with E-state index >= 15 is 0 Å². The Morgan fingerprint density at radius 3 is 2.80 bits per heavy atom. The van der Waals surface area contributed by atoms with Gasteiger partial charge in [0, 0.05) is 13.1 Å². The van der Waals surface area contributed by atoms with Crippen LogP contribution in [0.3, 0.4) is 0 Å². The van der Waals surface area contributed by atoms with Crippen LogP contribution in [0.15, 0.2) is 16.6 Å². The Balaban J connectivity index is 2.65. The van der Waals surface area contributed by atoms with Crippen molar-refractivity contribution in [1.29, 1.82) is 0 Å². The van der Waals surface area contributed by atoms with E-state index in [1.807, 2.05) is 6.07 Å². The summed E-state index contributed by atoms with van der Waals surface area (Å²) >= 11 is 3.40. The summed E-state index contributed by atoms with van der Waals surface area (Å²) in [5.41, 5.74) is 6.53. The van der Waals surface area contributed by atoms with Crippen molar-refractivity contribution in [3.8, 4) is 11.5 Å². The van der Waals surface area contributed by atoms with Gasteiger partial charge in [-0.05, 0) is 40.0 Å². The van der Waals surface area contributed by atoms with E-state index in [1.165, 1.54) is 0 Å². The van der Waals surface area contributed by atoms with Crippen molar-refractivity contribution < 1.29 is 14.3 Å². The van der Waals surface area contributed by atoms with E-state index in [-0.39, 0.29) is 12.5 Å². The number of hydrogen-bond donors (Lipinski definition) is 2. The summed E-state index contributed by atoms with van der Waals surface area (Å²) in [6, 6.07) is 3.65. The number of methoxy groups -OCH3 is 1. The van der Waals surface area contributed by atoms with Gasteiger partial charge in [0.1, 0.15) is 0 Å². The van der Waals surface area contributed by atoms with Gasteiger partial charge in [0.15, 0.2) is 18.1 Å². The van der Waals surface area contributed by atoms with Gasteiger partial charge in [0.05, 0.1) is 11.6 Å². The van der Waals surface area contributed by atoms with Crippen LogP contribution < -0.4 is 20.5 Å². The van der Waals surface area contributed by atoms with Gasteiger partial charge >= 0.3 is 0 Å². The molecule has 0 saturated carbocycles. The fourth-order valence-electron chi connectivity index (χ4n) is 1.62. The average molecular weight is 345 g/mol. The molecule has 1 rings (SSSR count). The highest BCUT2D eigenvalue weighted by molar-refractivity contribution is 9.10. The van der Waals surface area contributed by atoms with Crippen molar-refractivity contribution >= 4 is 21.8 Å². The van der Waals surface area contributed by atoms with Gasteiger partial charge in [-0.1, -0.05) is 13.3 Å². The number of halogens is 1. The lowest BCUT2D eigenvalue weighted by Crippen LogP contribution is -2.29. The van der Waals surface area contributed by atoms with E-state index in [2.05, 4.69) is 28.2 Å². The largest absolute Gasteiger partial charge is 0.493 e. The number of carbonyl (C=O) groups is 1. The molecule has 0 spiro atoms. The molecule has 0 fully saturated rings. The predicted octanol–water partition coefficient (Wildman–Crippen LogP) is 2.21. The first-order chi connectivity index (χ1) is 9.62. The average Bonchev–Trinajstić information content (AvgIpc) is 2.45. The normalized spacial score (nSPS) is 10.2. The highest BCUT2D eigenvalue weighted by atomic mass is 79.9. The van der Waals surface area contributed by atoms with Crippen LogP contribution in [0.1, 0.15) is 25.3 Å². The van der Waals surface area contributed by atoms with E-state index in [0.717, 1.165) is 22.9 Å². The molecule has 112 valence electrons. The third-order valence-corrected chi connectivity index (χ3v) is 3.31. The van der Waals surface area contributed by atoms with Crippen molar-refractivity contribution in [2.24, 2.45) is 5.73 Å². The van der Waals surface area contributed by atoms with Crippen LogP contribution in [0.5, 0.6) is 11.5 Å². The summed E-state index contributed by atoms with van der Waals surface area (Å²) in [7, 11) is 1.55. The quantitative estimate of drug-likeness (QED) is 0.709. The molecule has 0 aliphatic heterocycles. The molecule has 0 aliphatic carbocycles. The number of benzene rings is 1. The SMILES string of the molecule is CCCCNC(=O)COc1c(Br)cc(CN)cc1OC. The first kappa shape index (κ1) is 16.8. The maximum absolute atomic E-state index is 11.6. The molecule has 0 radical (unpaired) electrons. The van der Waals surface area contributed by atoms with E-state index in [9.17, 15) is 4.79 Å². The van der Waals surface area contributed by atoms with Crippen LogP contribution in [0.25, 0.3) is 0 Å². The van der Waals surface area contributed by atoms with Gasteiger partial charge in [-0.25, -0.2) is 0 Å². The highest BCUT2D eigenvalue weighted by Crippen LogP contribution is 2.36. The number of nitrogens with two attached hydrogens (primary N) is 1. The summed E-state index contributed by atoms with van der Waals surface area (Å²) in [6.07, 6.45) is 2.00. The number of rotatable bonds is 8. The van der Waals surface area contributed by atoms with Crippen LogP contribution in [-0.2, 0) is 11.3 Å². The number of amides is 1. The van der Waals surface area contributed by atoms with Gasteiger partial charge in [0.25, 0.3) is 5.91 Å². The molecule has 0 heterocycles. The second-order valence-corrected chi connectivity index (χ2v) is 5.16. The number of carbonyl (C=O) groups excluding carboxylic acids is 1. The van der Waals surface area contributed by atoms with Crippen LogP contribution in [0, 0.1) is 0 Å². The van der Waals surface area contributed by atoms with E-state index in [4.69, 9.17) is 15.2 Å². The fourth-order valence-corrected chi connectivity index (χ4v) is 2.23. The zero-order chi connectivity index (χ0) is 15.0. The topological polar surface area (TPSA) is 73.6 Å². The minimum Gasteiger partial charge on any atom is -0.493 e. The molecule has 1 amide bonds. The van der Waals surface area contributed by atoms with Crippen LogP contribution in [-0.4, -0.2) is 26.2 Å². The molecule has 0 saturated heterocycles. The van der Waals surface area contributed by atoms with Gasteiger partial charge in [-0.3, -0.25) is 4.79 Å². The number of hydrogen-bond acceptors (Lipinski definition) is 4. The van der Waals surface area contributed by atoms with Crippen LogP contribution >= 0.6 is 15.9 Å². The molecular formula is C14H21BrN2O3. The standard InChI is InChI=1S/C14H21BrN2O3/c1-3-4-5-17-13(18)9-20-14-11(15)6-10(8-16)7-12(14)19-2/h6-7H,3-5,8-9,16H2,1-2H3,(H,17,18). The monoisotopic (exact) mass is 344 g/mol. The molecule has 0 aliphatic rings. The van der Waals surface area contributed by atoms with Gasteiger partial charge in [0.2, 0.25) is 0 Å². The van der Waals surface area contributed by atoms with Crippen molar-refractivity contribution in [1.82, 2.24) is 5.32 Å². The predicted molar refractivity (Wildman–Crippen MR) is 82.0 cm³/mol. The van der Waals surface area contributed by atoms with Crippen molar-refractivity contribution in [2.75, 3.05) is 20.3 Å². The maximum atomic E-state index is 11.6. The number of nitrogens with one attached hydrogen (secondary N) is 1. The molecule has 1 aromatic rings. The fraction of sp³-hybridized carbons (Fsp3) is 0.500. The number of ether oxygens (including phenoxy) is 2. The second-order valence-electron chi connectivity index (χ2n) is 4.31. The zero-order valence-corrected chi connectivity index (χ0v) is 13.5. The van der Waals surface area contributed by atoms with Crippen LogP contribution in [0.4, 0.5) is 0 Å². The zero-order valence-electron chi connectivity index (χ0n) is 11.9. The molecule has 0 aromatic heterocycles. The Morgan fingerprint density at radius 2 is 2.20 bits per heavy atom. The Labute approximate surface area is 127 Å². The lowest BCUT2D eigenvalue weighted by Gasteiger charge is -2.14. The first-order valence-electron chi connectivity index (χ1n) is 6.58. The molecule has 20 heavy (non-hydrogen) atoms. The molecule has 3 N–H and O–H groups in total. The third kappa shape index (κ3) is 5.02. The Morgan fingerprint density at radius 1 is 1.45 bits per heavy atom. The minimum absolute atomic E-state index is 0.0410. The molecule has 0 atom stereocenters. The maximum Gasteiger partial charge on any atom is 0.257 e. The van der Waals surface area contributed by atoms with Crippen molar-refractivity contribution in [3.05, 3.63) is 22.2 Å². The van der Waals surface area contributed by atoms with Gasteiger partial charge in [-0.15, -0.1) is 0 Å². The summed E-state index contributed by atoms with van der Waals surface area (Å²) in [6.45, 7) is 3.11. The van der Waals surface area contributed by atoms with Crippen molar-refractivity contribution in [3.63, 3.8) is 0 Å². The van der Waals surface area contributed by atoms with E-state index in [1.54, 1.807) is 13.2 Å². The molecule has 1 aromatic carbocycles. The molecule has 5 nitrogen and oxygen atoms in total. The second kappa shape index (κ2) is 8.81. The van der Waals surface area contributed by atoms with Crippen molar-refractivity contribution in [2.45, 2.75) is 26.3 Å². The Kier molecular flexibility index (Phi) is 7.40. The lowest BCUT2D eigenvalue weighted by atomic mass is 10.2. The molecule has 0 bridgehead atoms. The summed E-state index contributed by atoms with van der Waals surface area (Å²) in [5.74, 6) is 0.923. The first-order valence-corrected chi connectivity index (χ1v) is 7.37. The summed E-state index contributed by atoms with van der Waals surface area (Å²) in [5, 5.41) is 2.79. The molecular weight excluding hydrogens is 324 g/mol. The summed E-state index contributed by atoms with van der Waals surface area (Å²) < 4.78 is 11.5. The van der Waals surface area contributed by atoms with Crippen LogP contribution in [0.2, 0.25) is 0 Å². The molecule has 0 unspecified atom stereocenters. The Hall–Kier alpha value is -1.27. The van der Waals surface area contributed by atoms with Gasteiger partial charge in [-0.2, -0.15) is 0 Å². The summed E-state index contributed by atoms with van der Waals surface area (Å²) in [4.78, 5) is 11.6. The Bertz CT molecular complexity index is 452. The van der Waals surface area contributed by atoms with E-state index in [0.29, 0.717) is 24.6 Å². The lowest BCUT2D eigenvalue weighted by molar-refractivity contribution is -0.123. The smallest absolute Gasteiger partial charge is 0.257 e. The highest BCUT2D eigenvalue weighted by Gasteiger charge is 2.13. The van der Waals surface area contributed by atoms with E-state index < -0.39 is 0 Å². The minimum atomic E-state index is -0.143. The number of unbranched alkanes of at least 4 members (excludes halogenated alkanes) is 1. The van der Waals surface area contributed by atoms with Gasteiger partial charge < -0.3 is 20.5 Å². The third-order valence-electron chi connectivity index (χ3n) is 2.73.